The highest BCUT2D eigenvalue weighted by Crippen LogP contribution is 2.25. The number of esters is 1. The third-order valence-corrected chi connectivity index (χ3v) is 1.87. The molecule has 1 aromatic rings. The van der Waals surface area contributed by atoms with Crippen molar-refractivity contribution in [2.75, 3.05) is 20.7 Å². The molecule has 1 N–H and O–H groups in total. The summed E-state index contributed by atoms with van der Waals surface area (Å²) in [4.78, 5) is 11.3. The summed E-state index contributed by atoms with van der Waals surface area (Å²) < 4.78 is 10.2. The van der Waals surface area contributed by atoms with E-state index in [1.807, 2.05) is 6.07 Å². The van der Waals surface area contributed by atoms with Crippen LogP contribution in [0, 0.1) is 0 Å². The Morgan fingerprint density at radius 2 is 2.00 bits per heavy atom. The van der Waals surface area contributed by atoms with Gasteiger partial charge in [-0.1, -0.05) is 12.1 Å². The van der Waals surface area contributed by atoms with Gasteiger partial charge in [-0.05, 0) is 19.2 Å². The van der Waals surface area contributed by atoms with Crippen LogP contribution in [0.4, 0.5) is 0 Å². The second-order valence-electron chi connectivity index (χ2n) is 2.98. The highest BCUT2D eigenvalue weighted by Gasteiger charge is 2.08. The first-order valence-electron chi connectivity index (χ1n) is 4.76. The minimum absolute atomic E-state index is 0.270. The first-order chi connectivity index (χ1) is 7.27. The zero-order valence-electron chi connectivity index (χ0n) is 8.95. The van der Waals surface area contributed by atoms with Gasteiger partial charge in [-0.25, -0.2) is 0 Å². The molecule has 0 atom stereocenters. The Bertz CT molecular complexity index is 325. The van der Waals surface area contributed by atoms with Gasteiger partial charge in [0.1, 0.15) is 0 Å². The Hall–Kier alpha value is -1.55. The SMILES string of the molecule is CNCCC(=O)Oc1ccccc1OC. The van der Waals surface area contributed by atoms with Gasteiger partial charge in [-0.2, -0.15) is 0 Å². The van der Waals surface area contributed by atoms with Crippen LogP contribution in [0.1, 0.15) is 6.42 Å². The van der Waals surface area contributed by atoms with Crippen LogP contribution in [0.3, 0.4) is 0 Å². The lowest BCUT2D eigenvalue weighted by Crippen LogP contribution is -2.17. The second-order valence-corrected chi connectivity index (χ2v) is 2.98. The Labute approximate surface area is 89.2 Å². The van der Waals surface area contributed by atoms with Gasteiger partial charge in [0.2, 0.25) is 0 Å². The molecule has 0 amide bonds. The fourth-order valence-electron chi connectivity index (χ4n) is 1.10. The molecule has 0 bridgehead atoms. The number of hydrogen-bond acceptors (Lipinski definition) is 4. The summed E-state index contributed by atoms with van der Waals surface area (Å²) in [5.74, 6) is 0.755. The van der Waals surface area contributed by atoms with Crippen LogP contribution >= 0.6 is 0 Å². The average molecular weight is 209 g/mol. The maximum atomic E-state index is 11.3. The van der Waals surface area contributed by atoms with Crippen LogP contribution in [0.15, 0.2) is 24.3 Å². The van der Waals surface area contributed by atoms with E-state index >= 15 is 0 Å². The number of carbonyl (C=O) groups excluding carboxylic acids is 1. The summed E-state index contributed by atoms with van der Waals surface area (Å²) in [6.45, 7) is 0.605. The van der Waals surface area contributed by atoms with Crippen molar-refractivity contribution in [1.29, 1.82) is 0 Å². The molecule has 0 radical (unpaired) electrons. The van der Waals surface area contributed by atoms with Crippen molar-refractivity contribution < 1.29 is 14.3 Å². The molecule has 0 fully saturated rings. The lowest BCUT2D eigenvalue weighted by molar-refractivity contribution is -0.134. The third-order valence-electron chi connectivity index (χ3n) is 1.87. The van der Waals surface area contributed by atoms with E-state index in [0.29, 0.717) is 24.5 Å². The fourth-order valence-corrected chi connectivity index (χ4v) is 1.10. The van der Waals surface area contributed by atoms with Crippen molar-refractivity contribution in [3.05, 3.63) is 24.3 Å². The summed E-state index contributed by atoms with van der Waals surface area (Å²) in [5, 5.41) is 2.88. The molecule has 82 valence electrons. The molecule has 0 aliphatic carbocycles. The Balaban J connectivity index is 2.59. The molecule has 1 rings (SSSR count). The predicted octanol–water partition coefficient (Wildman–Crippen LogP) is 1.21. The molecule has 0 saturated heterocycles. The van der Waals surface area contributed by atoms with Crippen LogP contribution in [0.5, 0.6) is 11.5 Å². The third kappa shape index (κ3) is 3.59. The number of methoxy groups -OCH3 is 1. The fraction of sp³-hybridized carbons (Fsp3) is 0.364. The largest absolute Gasteiger partial charge is 0.493 e. The van der Waals surface area contributed by atoms with Gasteiger partial charge in [0.15, 0.2) is 11.5 Å². The molecule has 0 unspecified atom stereocenters. The molecule has 4 heteroatoms. The molecule has 0 spiro atoms. The summed E-state index contributed by atoms with van der Waals surface area (Å²) in [6.07, 6.45) is 0.342. The van der Waals surface area contributed by atoms with E-state index in [2.05, 4.69) is 5.32 Å². The highest BCUT2D eigenvalue weighted by atomic mass is 16.6. The number of rotatable bonds is 5. The normalized spacial score (nSPS) is 9.73. The van der Waals surface area contributed by atoms with E-state index in [1.165, 1.54) is 0 Å². The summed E-state index contributed by atoms with van der Waals surface area (Å²) in [7, 11) is 3.33. The number of carbonyl (C=O) groups is 1. The van der Waals surface area contributed by atoms with E-state index in [0.717, 1.165) is 0 Å². The first-order valence-corrected chi connectivity index (χ1v) is 4.76. The van der Waals surface area contributed by atoms with Crippen molar-refractivity contribution in [3.63, 3.8) is 0 Å². The van der Waals surface area contributed by atoms with Crippen LogP contribution in [0.25, 0.3) is 0 Å². The van der Waals surface area contributed by atoms with Crippen LogP contribution in [-0.4, -0.2) is 26.7 Å². The lowest BCUT2D eigenvalue weighted by atomic mass is 10.3. The number of ether oxygens (including phenoxy) is 2. The standard InChI is InChI=1S/C11H15NO3/c1-12-8-7-11(13)15-10-6-4-3-5-9(10)14-2/h3-6,12H,7-8H2,1-2H3. The molecule has 0 aromatic heterocycles. The number of hydrogen-bond donors (Lipinski definition) is 1. The van der Waals surface area contributed by atoms with Crippen molar-refractivity contribution in [1.82, 2.24) is 5.32 Å². The molecule has 4 nitrogen and oxygen atoms in total. The van der Waals surface area contributed by atoms with Crippen molar-refractivity contribution in [2.45, 2.75) is 6.42 Å². The first kappa shape index (κ1) is 11.5. The van der Waals surface area contributed by atoms with Gasteiger partial charge in [0.05, 0.1) is 13.5 Å². The van der Waals surface area contributed by atoms with Gasteiger partial charge >= 0.3 is 5.97 Å². The van der Waals surface area contributed by atoms with E-state index in [1.54, 1.807) is 32.4 Å². The number of benzene rings is 1. The summed E-state index contributed by atoms with van der Waals surface area (Å²) in [5.41, 5.74) is 0. The minimum atomic E-state index is -0.270. The van der Waals surface area contributed by atoms with Gasteiger partial charge in [-0.3, -0.25) is 4.79 Å². The molecular formula is C11H15NO3. The Morgan fingerprint density at radius 1 is 1.33 bits per heavy atom. The topological polar surface area (TPSA) is 47.6 Å². The van der Waals surface area contributed by atoms with Gasteiger partial charge in [0.25, 0.3) is 0 Å². The lowest BCUT2D eigenvalue weighted by Gasteiger charge is -2.08. The second kappa shape index (κ2) is 6.03. The molecule has 0 aliphatic heterocycles. The maximum absolute atomic E-state index is 11.3. The van der Waals surface area contributed by atoms with Crippen LogP contribution < -0.4 is 14.8 Å². The highest BCUT2D eigenvalue weighted by molar-refractivity contribution is 5.73. The van der Waals surface area contributed by atoms with Crippen molar-refractivity contribution in [3.8, 4) is 11.5 Å². The molecular weight excluding hydrogens is 194 g/mol. The van der Waals surface area contributed by atoms with E-state index in [-0.39, 0.29) is 5.97 Å². The number of para-hydroxylation sites is 2. The smallest absolute Gasteiger partial charge is 0.312 e. The van der Waals surface area contributed by atoms with E-state index in [4.69, 9.17) is 9.47 Å². The zero-order chi connectivity index (χ0) is 11.1. The minimum Gasteiger partial charge on any atom is -0.493 e. The van der Waals surface area contributed by atoms with E-state index in [9.17, 15) is 4.79 Å². The number of nitrogens with one attached hydrogen (secondary N) is 1. The van der Waals surface area contributed by atoms with Gasteiger partial charge in [-0.15, -0.1) is 0 Å². The van der Waals surface area contributed by atoms with Crippen LogP contribution in [-0.2, 0) is 4.79 Å². The zero-order valence-corrected chi connectivity index (χ0v) is 8.95. The Morgan fingerprint density at radius 3 is 2.60 bits per heavy atom. The molecule has 0 aliphatic rings. The van der Waals surface area contributed by atoms with Gasteiger partial charge in [0, 0.05) is 6.54 Å². The van der Waals surface area contributed by atoms with Crippen molar-refractivity contribution in [2.24, 2.45) is 0 Å². The van der Waals surface area contributed by atoms with Gasteiger partial charge < -0.3 is 14.8 Å². The average Bonchev–Trinajstić information content (AvgIpc) is 2.27. The van der Waals surface area contributed by atoms with Crippen molar-refractivity contribution >= 4 is 5.97 Å². The molecule has 1 aromatic carbocycles. The maximum Gasteiger partial charge on any atom is 0.312 e. The monoisotopic (exact) mass is 209 g/mol. The quantitative estimate of drug-likeness (QED) is 0.585. The summed E-state index contributed by atoms with van der Waals surface area (Å²) >= 11 is 0. The Kier molecular flexibility index (Phi) is 4.63. The summed E-state index contributed by atoms with van der Waals surface area (Å²) in [6, 6.07) is 7.07. The predicted molar refractivity (Wildman–Crippen MR) is 57.2 cm³/mol. The molecule has 0 heterocycles. The van der Waals surface area contributed by atoms with Crippen LogP contribution in [0.2, 0.25) is 0 Å². The molecule has 0 saturated carbocycles. The van der Waals surface area contributed by atoms with E-state index < -0.39 is 0 Å². The molecule has 15 heavy (non-hydrogen) atoms.